The van der Waals surface area contributed by atoms with E-state index in [2.05, 4.69) is 53.0 Å². The lowest BCUT2D eigenvalue weighted by atomic mass is 10.1. The number of aromatic nitrogens is 3. The van der Waals surface area contributed by atoms with Crippen molar-refractivity contribution in [1.82, 2.24) is 14.8 Å². The van der Waals surface area contributed by atoms with Gasteiger partial charge in [-0.05, 0) is 50.5 Å². The standard InChI is InChI=1S/C22H26N4OS/c1-5-17-11-13-18(14-12-17)23-21(27)16(4)28-22-25-24-20(26(22)6-2)19-10-8-7-9-15(19)3/h7-14,16H,5-6H2,1-4H3,(H,23,27)/t16-/m0/s1. The van der Waals surface area contributed by atoms with Gasteiger partial charge in [0.15, 0.2) is 11.0 Å². The molecule has 146 valence electrons. The topological polar surface area (TPSA) is 59.8 Å². The van der Waals surface area contributed by atoms with Gasteiger partial charge in [-0.25, -0.2) is 0 Å². The summed E-state index contributed by atoms with van der Waals surface area (Å²) in [7, 11) is 0. The van der Waals surface area contributed by atoms with Crippen LogP contribution in [0.4, 0.5) is 5.69 Å². The average molecular weight is 395 g/mol. The summed E-state index contributed by atoms with van der Waals surface area (Å²) in [4.78, 5) is 12.6. The zero-order valence-corrected chi connectivity index (χ0v) is 17.6. The van der Waals surface area contributed by atoms with E-state index in [4.69, 9.17) is 0 Å². The monoisotopic (exact) mass is 394 g/mol. The first kappa shape index (κ1) is 20.1. The molecule has 0 bridgehead atoms. The Hall–Kier alpha value is -2.60. The molecule has 28 heavy (non-hydrogen) atoms. The number of carbonyl (C=O) groups excluding carboxylic acids is 1. The Kier molecular flexibility index (Phi) is 6.52. The Morgan fingerprint density at radius 1 is 1.11 bits per heavy atom. The van der Waals surface area contributed by atoms with Crippen LogP contribution in [0.5, 0.6) is 0 Å². The highest BCUT2D eigenvalue weighted by molar-refractivity contribution is 8.00. The molecular formula is C22H26N4OS. The van der Waals surface area contributed by atoms with Crippen molar-refractivity contribution in [3.63, 3.8) is 0 Å². The molecule has 2 aromatic carbocycles. The van der Waals surface area contributed by atoms with Crippen LogP contribution in [-0.4, -0.2) is 25.9 Å². The summed E-state index contributed by atoms with van der Waals surface area (Å²) in [6, 6.07) is 16.1. The molecule has 5 nitrogen and oxygen atoms in total. The second kappa shape index (κ2) is 9.06. The second-order valence-electron chi connectivity index (χ2n) is 6.67. The molecule has 3 aromatic rings. The highest BCUT2D eigenvalue weighted by Crippen LogP contribution is 2.28. The molecule has 1 N–H and O–H groups in total. The van der Waals surface area contributed by atoms with Crippen molar-refractivity contribution in [3.8, 4) is 11.4 Å². The summed E-state index contributed by atoms with van der Waals surface area (Å²) in [6.07, 6.45) is 0.983. The molecular weight excluding hydrogens is 368 g/mol. The Morgan fingerprint density at radius 3 is 2.46 bits per heavy atom. The summed E-state index contributed by atoms with van der Waals surface area (Å²) >= 11 is 1.43. The summed E-state index contributed by atoms with van der Waals surface area (Å²) in [5.74, 6) is 0.795. The van der Waals surface area contributed by atoms with Gasteiger partial charge in [-0.3, -0.25) is 4.79 Å². The van der Waals surface area contributed by atoms with Crippen LogP contribution in [0.1, 0.15) is 31.9 Å². The molecule has 1 amide bonds. The van der Waals surface area contributed by atoms with Crippen LogP contribution in [0, 0.1) is 6.92 Å². The van der Waals surface area contributed by atoms with Crippen molar-refractivity contribution in [2.45, 2.75) is 51.1 Å². The third-order valence-corrected chi connectivity index (χ3v) is 5.78. The van der Waals surface area contributed by atoms with E-state index in [-0.39, 0.29) is 11.2 Å². The maximum atomic E-state index is 12.6. The van der Waals surface area contributed by atoms with Crippen LogP contribution in [0.15, 0.2) is 53.7 Å². The van der Waals surface area contributed by atoms with Gasteiger partial charge in [0.1, 0.15) is 0 Å². The Morgan fingerprint density at radius 2 is 1.82 bits per heavy atom. The summed E-state index contributed by atoms with van der Waals surface area (Å²) < 4.78 is 2.06. The van der Waals surface area contributed by atoms with Crippen molar-refractivity contribution >= 4 is 23.4 Å². The number of hydrogen-bond donors (Lipinski definition) is 1. The average Bonchev–Trinajstić information content (AvgIpc) is 3.11. The van der Waals surface area contributed by atoms with Gasteiger partial charge in [-0.2, -0.15) is 0 Å². The Labute approximate surface area is 170 Å². The number of carbonyl (C=O) groups is 1. The summed E-state index contributed by atoms with van der Waals surface area (Å²) in [5.41, 5.74) is 4.28. The SMILES string of the molecule is CCc1ccc(NC(=O)[C@H](C)Sc2nnc(-c3ccccc3C)n2CC)cc1. The zero-order valence-electron chi connectivity index (χ0n) is 16.8. The number of hydrogen-bond acceptors (Lipinski definition) is 4. The number of amides is 1. The second-order valence-corrected chi connectivity index (χ2v) is 7.97. The number of aryl methyl sites for hydroxylation is 2. The molecule has 3 rings (SSSR count). The van der Waals surface area contributed by atoms with Gasteiger partial charge in [-0.1, -0.05) is 55.1 Å². The fourth-order valence-corrected chi connectivity index (χ4v) is 3.88. The lowest BCUT2D eigenvalue weighted by molar-refractivity contribution is -0.115. The minimum Gasteiger partial charge on any atom is -0.325 e. The molecule has 0 aliphatic carbocycles. The number of thioether (sulfide) groups is 1. The summed E-state index contributed by atoms with van der Waals surface area (Å²) in [5, 5.41) is 12.2. The quantitative estimate of drug-likeness (QED) is 0.576. The molecule has 1 aromatic heterocycles. The smallest absolute Gasteiger partial charge is 0.237 e. The molecule has 1 heterocycles. The number of anilines is 1. The first-order chi connectivity index (χ1) is 13.5. The fraction of sp³-hybridized carbons (Fsp3) is 0.318. The van der Waals surface area contributed by atoms with Crippen molar-refractivity contribution in [2.24, 2.45) is 0 Å². The van der Waals surface area contributed by atoms with Crippen LogP contribution < -0.4 is 5.32 Å². The van der Waals surface area contributed by atoms with E-state index in [0.29, 0.717) is 0 Å². The minimum absolute atomic E-state index is 0.0441. The number of rotatable bonds is 7. The van der Waals surface area contributed by atoms with Gasteiger partial charge in [0, 0.05) is 17.8 Å². The molecule has 0 unspecified atom stereocenters. The van der Waals surface area contributed by atoms with Gasteiger partial charge < -0.3 is 9.88 Å². The van der Waals surface area contributed by atoms with Crippen molar-refractivity contribution in [2.75, 3.05) is 5.32 Å². The molecule has 0 saturated heterocycles. The van der Waals surface area contributed by atoms with Gasteiger partial charge in [0.2, 0.25) is 5.91 Å². The molecule has 0 aliphatic heterocycles. The van der Waals surface area contributed by atoms with Crippen LogP contribution in [-0.2, 0) is 17.8 Å². The van der Waals surface area contributed by atoms with E-state index in [1.165, 1.54) is 17.3 Å². The third-order valence-electron chi connectivity index (χ3n) is 4.70. The van der Waals surface area contributed by atoms with Gasteiger partial charge in [0.25, 0.3) is 0 Å². The molecule has 1 atom stereocenters. The molecule has 0 saturated carbocycles. The zero-order chi connectivity index (χ0) is 20.1. The highest BCUT2D eigenvalue weighted by Gasteiger charge is 2.21. The third kappa shape index (κ3) is 4.44. The molecule has 0 radical (unpaired) electrons. The van der Waals surface area contributed by atoms with Crippen molar-refractivity contribution in [3.05, 3.63) is 59.7 Å². The van der Waals surface area contributed by atoms with Crippen molar-refractivity contribution in [1.29, 1.82) is 0 Å². The van der Waals surface area contributed by atoms with Gasteiger partial charge in [0.05, 0.1) is 5.25 Å². The first-order valence-electron chi connectivity index (χ1n) is 9.59. The molecule has 0 aliphatic rings. The highest BCUT2D eigenvalue weighted by atomic mass is 32.2. The minimum atomic E-state index is -0.287. The van der Waals surface area contributed by atoms with E-state index >= 15 is 0 Å². The van der Waals surface area contributed by atoms with E-state index in [1.807, 2.05) is 43.3 Å². The number of benzene rings is 2. The predicted octanol–water partition coefficient (Wildman–Crippen LogP) is 4.96. The lowest BCUT2D eigenvalue weighted by Crippen LogP contribution is -2.23. The maximum absolute atomic E-state index is 12.6. The molecule has 0 fully saturated rings. The van der Waals surface area contributed by atoms with Crippen LogP contribution in [0.2, 0.25) is 0 Å². The fourth-order valence-electron chi connectivity index (χ4n) is 2.96. The van der Waals surface area contributed by atoms with E-state index in [0.717, 1.165) is 40.8 Å². The normalized spacial score (nSPS) is 12.0. The Bertz CT molecular complexity index is 949. The lowest BCUT2D eigenvalue weighted by Gasteiger charge is -2.13. The molecule has 0 spiro atoms. The van der Waals surface area contributed by atoms with Crippen molar-refractivity contribution < 1.29 is 4.79 Å². The van der Waals surface area contributed by atoms with E-state index in [9.17, 15) is 4.79 Å². The predicted molar refractivity (Wildman–Crippen MR) is 116 cm³/mol. The van der Waals surface area contributed by atoms with Gasteiger partial charge in [-0.15, -0.1) is 10.2 Å². The Balaban J connectivity index is 1.73. The van der Waals surface area contributed by atoms with Crippen LogP contribution in [0.3, 0.4) is 0 Å². The van der Waals surface area contributed by atoms with Crippen LogP contribution in [0.25, 0.3) is 11.4 Å². The van der Waals surface area contributed by atoms with E-state index < -0.39 is 0 Å². The van der Waals surface area contributed by atoms with E-state index in [1.54, 1.807) is 0 Å². The number of nitrogens with one attached hydrogen (secondary N) is 1. The largest absolute Gasteiger partial charge is 0.325 e. The molecule has 6 heteroatoms. The number of nitrogens with zero attached hydrogens (tertiary/aromatic N) is 3. The summed E-state index contributed by atoms with van der Waals surface area (Å²) in [6.45, 7) is 8.88. The first-order valence-corrected chi connectivity index (χ1v) is 10.5. The van der Waals surface area contributed by atoms with Crippen LogP contribution >= 0.6 is 11.8 Å². The van der Waals surface area contributed by atoms with Gasteiger partial charge >= 0.3 is 0 Å². The maximum Gasteiger partial charge on any atom is 0.237 e.